The van der Waals surface area contributed by atoms with Crippen molar-refractivity contribution in [2.24, 2.45) is 0 Å². The molecule has 0 aromatic heterocycles. The van der Waals surface area contributed by atoms with E-state index in [2.05, 4.69) is 17.4 Å². The number of benzene rings is 3. The van der Waals surface area contributed by atoms with E-state index in [1.54, 1.807) is 44.2 Å². The Balaban J connectivity index is 1.49. The number of alkyl carbamates (subject to hydrolysis) is 1. The number of rotatable bonds is 8. The molecular weight excluding hydrogens is 444 g/mol. The van der Waals surface area contributed by atoms with E-state index >= 15 is 0 Å². The van der Waals surface area contributed by atoms with E-state index in [0.29, 0.717) is 5.69 Å². The third-order valence-corrected chi connectivity index (χ3v) is 6.51. The Labute approximate surface area is 204 Å². The Morgan fingerprint density at radius 3 is 2.00 bits per heavy atom. The number of nitrogens with one attached hydrogen (secondary N) is 1. The molecule has 1 aliphatic rings. The summed E-state index contributed by atoms with van der Waals surface area (Å²) in [6.45, 7) is 2.93. The molecule has 0 spiro atoms. The van der Waals surface area contributed by atoms with Gasteiger partial charge in [-0.05, 0) is 47.7 Å². The van der Waals surface area contributed by atoms with Gasteiger partial charge in [-0.25, -0.2) is 4.79 Å². The smallest absolute Gasteiger partial charge is 0.408 e. The van der Waals surface area contributed by atoms with E-state index in [-0.39, 0.29) is 18.9 Å². The van der Waals surface area contributed by atoms with Crippen LogP contribution in [0.5, 0.6) is 0 Å². The molecule has 0 bridgehead atoms. The van der Waals surface area contributed by atoms with Crippen LogP contribution >= 0.6 is 0 Å². The van der Waals surface area contributed by atoms with E-state index in [9.17, 15) is 19.5 Å². The van der Waals surface area contributed by atoms with Crippen LogP contribution in [0.2, 0.25) is 0 Å². The molecule has 1 atom stereocenters. The van der Waals surface area contributed by atoms with Crippen molar-refractivity contribution < 1.29 is 24.2 Å². The predicted octanol–water partition coefficient (Wildman–Crippen LogP) is 4.81. The van der Waals surface area contributed by atoms with Gasteiger partial charge in [0.15, 0.2) is 0 Å². The summed E-state index contributed by atoms with van der Waals surface area (Å²) < 4.78 is 5.62. The molecule has 2 N–H and O–H groups in total. The molecule has 35 heavy (non-hydrogen) atoms. The van der Waals surface area contributed by atoms with Gasteiger partial charge in [0.1, 0.15) is 18.7 Å². The van der Waals surface area contributed by atoms with Crippen LogP contribution in [0.25, 0.3) is 11.1 Å². The van der Waals surface area contributed by atoms with Gasteiger partial charge in [-0.15, -0.1) is 0 Å². The standard InChI is InChI=1S/C28H28N2O5/c1-3-28(2,26(33)30(17-25(31)32)19-11-5-4-6-12-19)29-27(34)35-18-24-22-15-9-7-13-20(22)21-14-8-10-16-23(21)24/h4-16,24H,3,17-18H2,1-2H3,(H,29,34)(H,31,32). The highest BCUT2D eigenvalue weighted by atomic mass is 16.5. The molecular formula is C28H28N2O5. The molecule has 1 unspecified atom stereocenters. The zero-order chi connectivity index (χ0) is 25.0. The van der Waals surface area contributed by atoms with E-state index in [1.807, 2.05) is 36.4 Å². The van der Waals surface area contributed by atoms with Crippen molar-refractivity contribution in [1.82, 2.24) is 5.32 Å². The van der Waals surface area contributed by atoms with Crippen molar-refractivity contribution in [3.8, 4) is 11.1 Å². The zero-order valence-electron chi connectivity index (χ0n) is 19.7. The summed E-state index contributed by atoms with van der Waals surface area (Å²) in [6.07, 6.45) is -0.480. The van der Waals surface area contributed by atoms with Gasteiger partial charge in [0, 0.05) is 11.6 Å². The van der Waals surface area contributed by atoms with Crippen LogP contribution in [0, 0.1) is 0 Å². The van der Waals surface area contributed by atoms with Gasteiger partial charge in [-0.3, -0.25) is 14.5 Å². The maximum Gasteiger partial charge on any atom is 0.408 e. The van der Waals surface area contributed by atoms with Crippen molar-refractivity contribution in [2.45, 2.75) is 31.7 Å². The highest BCUT2D eigenvalue weighted by Gasteiger charge is 2.39. The molecule has 4 rings (SSSR count). The molecule has 0 heterocycles. The minimum Gasteiger partial charge on any atom is -0.480 e. The summed E-state index contributed by atoms with van der Waals surface area (Å²) in [7, 11) is 0. The lowest BCUT2D eigenvalue weighted by Crippen LogP contribution is -2.58. The molecule has 0 radical (unpaired) electrons. The average molecular weight is 473 g/mol. The quantitative estimate of drug-likeness (QED) is 0.490. The second kappa shape index (κ2) is 10.0. The normalized spacial score (nSPS) is 13.8. The number of aliphatic carboxylic acids is 1. The highest BCUT2D eigenvalue weighted by molar-refractivity contribution is 6.04. The van der Waals surface area contributed by atoms with Crippen molar-refractivity contribution >= 4 is 23.7 Å². The topological polar surface area (TPSA) is 95.9 Å². The number of nitrogens with zero attached hydrogens (tertiary/aromatic N) is 1. The van der Waals surface area contributed by atoms with E-state index in [4.69, 9.17) is 4.74 Å². The molecule has 0 saturated carbocycles. The van der Waals surface area contributed by atoms with Gasteiger partial charge in [0.2, 0.25) is 0 Å². The van der Waals surface area contributed by atoms with Crippen molar-refractivity contribution in [3.63, 3.8) is 0 Å². The monoisotopic (exact) mass is 472 g/mol. The zero-order valence-corrected chi connectivity index (χ0v) is 19.7. The lowest BCUT2D eigenvalue weighted by Gasteiger charge is -2.33. The van der Waals surface area contributed by atoms with E-state index in [0.717, 1.165) is 27.2 Å². The lowest BCUT2D eigenvalue weighted by atomic mass is 9.96. The SMILES string of the molecule is CCC(C)(NC(=O)OCC1c2ccccc2-c2ccccc21)C(=O)N(CC(=O)O)c1ccccc1. The summed E-state index contributed by atoms with van der Waals surface area (Å²) in [5, 5.41) is 12.1. The number of hydrogen-bond donors (Lipinski definition) is 2. The number of carboxylic acids is 1. The van der Waals surface area contributed by atoms with E-state index < -0.39 is 30.1 Å². The molecule has 0 fully saturated rings. The average Bonchev–Trinajstić information content (AvgIpc) is 3.19. The summed E-state index contributed by atoms with van der Waals surface area (Å²) in [6, 6.07) is 24.6. The first-order valence-corrected chi connectivity index (χ1v) is 11.6. The number of hydrogen-bond acceptors (Lipinski definition) is 4. The van der Waals surface area contributed by atoms with Gasteiger partial charge in [-0.1, -0.05) is 73.7 Å². The Morgan fingerprint density at radius 1 is 0.914 bits per heavy atom. The largest absolute Gasteiger partial charge is 0.480 e. The number of amides is 2. The van der Waals surface area contributed by atoms with Gasteiger partial charge in [-0.2, -0.15) is 0 Å². The Bertz CT molecular complexity index is 1200. The van der Waals surface area contributed by atoms with Crippen LogP contribution in [0.3, 0.4) is 0 Å². The number of carboxylic acid groups (broad SMARTS) is 1. The van der Waals surface area contributed by atoms with Crippen molar-refractivity contribution in [2.75, 3.05) is 18.1 Å². The molecule has 3 aromatic rings. The Morgan fingerprint density at radius 2 is 1.46 bits per heavy atom. The molecule has 7 heteroatoms. The molecule has 3 aromatic carbocycles. The second-order valence-electron chi connectivity index (χ2n) is 8.76. The Hall–Kier alpha value is -4.13. The van der Waals surface area contributed by atoms with Crippen LogP contribution in [0.4, 0.5) is 10.5 Å². The number of carbonyl (C=O) groups is 3. The predicted molar refractivity (Wildman–Crippen MR) is 133 cm³/mol. The fourth-order valence-electron chi connectivity index (χ4n) is 4.47. The molecule has 7 nitrogen and oxygen atoms in total. The Kier molecular flexibility index (Phi) is 6.87. The van der Waals surface area contributed by atoms with Crippen molar-refractivity contribution in [3.05, 3.63) is 90.0 Å². The number of carbonyl (C=O) groups excluding carboxylic acids is 2. The van der Waals surface area contributed by atoms with Crippen LogP contribution in [0.15, 0.2) is 78.9 Å². The van der Waals surface area contributed by atoms with Crippen LogP contribution in [-0.2, 0) is 14.3 Å². The van der Waals surface area contributed by atoms with Gasteiger partial charge in [0.25, 0.3) is 5.91 Å². The molecule has 2 amide bonds. The molecule has 1 aliphatic carbocycles. The fourth-order valence-corrected chi connectivity index (χ4v) is 4.47. The first kappa shape index (κ1) is 24.0. The minimum absolute atomic E-state index is 0.107. The number of para-hydroxylation sites is 1. The first-order chi connectivity index (χ1) is 16.8. The summed E-state index contributed by atoms with van der Waals surface area (Å²) in [5.74, 6) is -1.78. The third kappa shape index (κ3) is 4.89. The van der Waals surface area contributed by atoms with Gasteiger partial charge in [0.05, 0.1) is 0 Å². The maximum absolute atomic E-state index is 13.4. The highest BCUT2D eigenvalue weighted by Crippen LogP contribution is 2.44. The van der Waals surface area contributed by atoms with Crippen LogP contribution in [0.1, 0.15) is 37.3 Å². The van der Waals surface area contributed by atoms with Crippen LogP contribution in [-0.4, -0.2) is 41.8 Å². The number of anilines is 1. The number of ether oxygens (including phenoxy) is 1. The molecule has 0 saturated heterocycles. The summed E-state index contributed by atoms with van der Waals surface area (Å²) in [5.41, 5.74) is 3.51. The molecule has 0 aliphatic heterocycles. The van der Waals surface area contributed by atoms with Crippen molar-refractivity contribution in [1.29, 1.82) is 0 Å². The lowest BCUT2D eigenvalue weighted by molar-refractivity contribution is -0.137. The maximum atomic E-state index is 13.4. The van der Waals surface area contributed by atoms with Gasteiger partial charge < -0.3 is 15.2 Å². The molecule has 180 valence electrons. The fraction of sp³-hybridized carbons (Fsp3) is 0.250. The van der Waals surface area contributed by atoms with Crippen LogP contribution < -0.4 is 10.2 Å². The van der Waals surface area contributed by atoms with E-state index in [1.165, 1.54) is 0 Å². The second-order valence-corrected chi connectivity index (χ2v) is 8.76. The third-order valence-electron chi connectivity index (χ3n) is 6.51. The summed E-state index contributed by atoms with van der Waals surface area (Å²) in [4.78, 5) is 38.9. The first-order valence-electron chi connectivity index (χ1n) is 11.6. The van der Waals surface area contributed by atoms with Gasteiger partial charge >= 0.3 is 12.1 Å². The minimum atomic E-state index is -1.35. The number of fused-ring (bicyclic) bond motifs is 3. The summed E-state index contributed by atoms with van der Waals surface area (Å²) >= 11 is 0.